The lowest BCUT2D eigenvalue weighted by atomic mass is 10.1. The van der Waals surface area contributed by atoms with Crippen LogP contribution in [0.1, 0.15) is 19.8 Å². The molecule has 1 saturated heterocycles. The number of rotatable bonds is 4. The molecule has 20 heavy (non-hydrogen) atoms. The van der Waals surface area contributed by atoms with E-state index in [1.807, 2.05) is 0 Å². The molecule has 0 amide bonds. The number of halogens is 1. The zero-order valence-electron chi connectivity index (χ0n) is 11.9. The number of hydrogen-bond donors (Lipinski definition) is 0. The molecule has 0 atom stereocenters. The normalized spacial score (nSPS) is 18.6. The Balaban J connectivity index is 2.16. The van der Waals surface area contributed by atoms with E-state index in [0.29, 0.717) is 0 Å². The summed E-state index contributed by atoms with van der Waals surface area (Å²) in [5.74, 6) is 0. The lowest BCUT2D eigenvalue weighted by Crippen LogP contribution is -2.45. The molecular weight excluding hydrogens is 296 g/mol. The van der Waals surface area contributed by atoms with Crippen LogP contribution in [0.4, 0.5) is 0 Å². The molecule has 1 aliphatic rings. The smallest absolute Gasteiger partial charge is 0.244 e. The summed E-state index contributed by atoms with van der Waals surface area (Å²) in [6, 6.07) is 6.67. The first kappa shape index (κ1) is 15.8. The maximum atomic E-state index is 12.6. The molecule has 1 aliphatic heterocycles. The van der Waals surface area contributed by atoms with Crippen LogP contribution in [0.25, 0.3) is 0 Å². The highest BCUT2D eigenvalue weighted by atomic mass is 35.5. The van der Waals surface area contributed by atoms with Crippen molar-refractivity contribution in [2.45, 2.75) is 30.7 Å². The van der Waals surface area contributed by atoms with Gasteiger partial charge in [0.15, 0.2) is 0 Å². The predicted molar refractivity (Wildman–Crippen MR) is 81.5 cm³/mol. The highest BCUT2D eigenvalue weighted by Gasteiger charge is 2.31. The van der Waals surface area contributed by atoms with Crippen LogP contribution < -0.4 is 0 Å². The Kier molecular flexibility index (Phi) is 5.07. The fraction of sp³-hybridized carbons (Fsp3) is 0.571. The molecule has 4 nitrogen and oxygen atoms in total. The number of hydrogen-bond acceptors (Lipinski definition) is 3. The first-order valence-electron chi connectivity index (χ1n) is 6.91. The molecule has 0 unspecified atom stereocenters. The summed E-state index contributed by atoms with van der Waals surface area (Å²) in [6.45, 7) is 5.05. The minimum Gasteiger partial charge on any atom is -0.303 e. The van der Waals surface area contributed by atoms with Crippen LogP contribution in [0.2, 0.25) is 5.02 Å². The fourth-order valence-corrected chi connectivity index (χ4v) is 4.51. The van der Waals surface area contributed by atoms with E-state index in [0.717, 1.165) is 32.5 Å². The third-order valence-corrected chi connectivity index (χ3v) is 6.42. The van der Waals surface area contributed by atoms with E-state index >= 15 is 0 Å². The van der Waals surface area contributed by atoms with Gasteiger partial charge >= 0.3 is 0 Å². The van der Waals surface area contributed by atoms with Gasteiger partial charge in [-0.1, -0.05) is 30.7 Å². The minimum atomic E-state index is -3.51. The summed E-state index contributed by atoms with van der Waals surface area (Å²) in [7, 11) is -1.85. The molecule has 6 heteroatoms. The van der Waals surface area contributed by atoms with Crippen molar-refractivity contribution in [3.05, 3.63) is 29.3 Å². The third-order valence-electron chi connectivity index (χ3n) is 4.01. The van der Waals surface area contributed by atoms with Gasteiger partial charge in [-0.15, -0.1) is 0 Å². The van der Waals surface area contributed by atoms with Gasteiger partial charge in [-0.2, -0.15) is 4.31 Å². The zero-order valence-corrected chi connectivity index (χ0v) is 13.5. The van der Waals surface area contributed by atoms with Crippen LogP contribution in [0.3, 0.4) is 0 Å². The fourth-order valence-electron chi connectivity index (χ4n) is 2.60. The summed E-state index contributed by atoms with van der Waals surface area (Å²) in [4.78, 5) is 2.54. The Morgan fingerprint density at radius 1 is 1.30 bits per heavy atom. The lowest BCUT2D eigenvalue weighted by molar-refractivity contribution is 0.176. The van der Waals surface area contributed by atoms with Gasteiger partial charge in [-0.25, -0.2) is 8.42 Å². The second kappa shape index (κ2) is 6.43. The molecule has 0 bridgehead atoms. The van der Waals surface area contributed by atoms with E-state index < -0.39 is 10.0 Å². The Bertz CT molecular complexity index is 554. The summed E-state index contributed by atoms with van der Waals surface area (Å²) in [5.41, 5.74) is 0. The monoisotopic (exact) mass is 316 g/mol. The van der Waals surface area contributed by atoms with Crippen molar-refractivity contribution in [3.8, 4) is 0 Å². The van der Waals surface area contributed by atoms with E-state index in [2.05, 4.69) is 11.8 Å². The number of nitrogens with zero attached hydrogens (tertiary/aromatic N) is 2. The molecule has 2 rings (SSSR count). The second-order valence-electron chi connectivity index (χ2n) is 5.12. The first-order valence-corrected chi connectivity index (χ1v) is 8.73. The van der Waals surface area contributed by atoms with Crippen molar-refractivity contribution in [2.75, 3.05) is 26.7 Å². The molecule has 0 N–H and O–H groups in total. The highest BCUT2D eigenvalue weighted by Crippen LogP contribution is 2.27. The van der Waals surface area contributed by atoms with E-state index in [1.165, 1.54) is 4.31 Å². The molecule has 0 spiro atoms. The van der Waals surface area contributed by atoms with Crippen LogP contribution in [0, 0.1) is 0 Å². The van der Waals surface area contributed by atoms with Crippen molar-refractivity contribution >= 4 is 21.6 Å². The Hall–Kier alpha value is -0.620. The highest BCUT2D eigenvalue weighted by molar-refractivity contribution is 7.89. The van der Waals surface area contributed by atoms with Crippen LogP contribution in [0.15, 0.2) is 29.2 Å². The van der Waals surface area contributed by atoms with Gasteiger partial charge in [0, 0.05) is 13.1 Å². The molecule has 1 aromatic carbocycles. The molecule has 0 aliphatic carbocycles. The Labute approximate surface area is 126 Å². The molecule has 0 saturated carbocycles. The molecular formula is C14H21ClN2O2S. The van der Waals surface area contributed by atoms with Crippen molar-refractivity contribution in [1.29, 1.82) is 0 Å². The third kappa shape index (κ3) is 3.17. The molecule has 1 fully saturated rings. The average molecular weight is 317 g/mol. The molecule has 1 aromatic rings. The number of likely N-dealkylation sites (tertiary alicyclic amines) is 1. The SMILES string of the molecule is CCN1CCC(N(C)S(=O)(=O)c2ccccc2Cl)CC1. The second-order valence-corrected chi connectivity index (χ2v) is 7.49. The summed E-state index contributed by atoms with van der Waals surface area (Å²) >= 11 is 6.02. The first-order chi connectivity index (χ1) is 9.46. The van der Waals surface area contributed by atoms with Crippen LogP contribution in [0.5, 0.6) is 0 Å². The molecule has 112 valence electrons. The van der Waals surface area contributed by atoms with Gasteiger partial charge in [0.25, 0.3) is 0 Å². The van der Waals surface area contributed by atoms with Crippen molar-refractivity contribution in [1.82, 2.24) is 9.21 Å². The zero-order chi connectivity index (χ0) is 14.8. The predicted octanol–water partition coefficient (Wildman–Crippen LogP) is 2.44. The van der Waals surface area contributed by atoms with Crippen molar-refractivity contribution in [3.63, 3.8) is 0 Å². The van der Waals surface area contributed by atoms with Crippen LogP contribution >= 0.6 is 11.6 Å². The van der Waals surface area contributed by atoms with Gasteiger partial charge < -0.3 is 4.90 Å². The lowest BCUT2D eigenvalue weighted by Gasteiger charge is -2.35. The average Bonchev–Trinajstić information content (AvgIpc) is 2.47. The molecule has 0 aromatic heterocycles. The van der Waals surface area contributed by atoms with E-state index in [1.54, 1.807) is 31.3 Å². The standard InChI is InChI=1S/C14H21ClN2O2S/c1-3-17-10-8-12(9-11-17)16(2)20(18,19)14-7-5-4-6-13(14)15/h4-7,12H,3,8-11H2,1-2H3. The van der Waals surface area contributed by atoms with Crippen molar-refractivity contribution < 1.29 is 8.42 Å². The van der Waals surface area contributed by atoms with Crippen LogP contribution in [-0.2, 0) is 10.0 Å². The minimum absolute atomic E-state index is 0.0547. The number of benzene rings is 1. The summed E-state index contributed by atoms with van der Waals surface area (Å²) < 4.78 is 26.7. The van der Waals surface area contributed by atoms with E-state index in [9.17, 15) is 8.42 Å². The Morgan fingerprint density at radius 3 is 2.45 bits per heavy atom. The summed E-state index contributed by atoms with van der Waals surface area (Å²) in [5, 5.41) is 0.283. The van der Waals surface area contributed by atoms with Gasteiger partial charge in [0.1, 0.15) is 4.90 Å². The largest absolute Gasteiger partial charge is 0.303 e. The van der Waals surface area contributed by atoms with E-state index in [-0.39, 0.29) is 16.0 Å². The van der Waals surface area contributed by atoms with Crippen molar-refractivity contribution in [2.24, 2.45) is 0 Å². The van der Waals surface area contributed by atoms with Gasteiger partial charge in [-0.05, 0) is 44.6 Å². The van der Waals surface area contributed by atoms with Crippen LogP contribution in [-0.4, -0.2) is 50.3 Å². The quantitative estimate of drug-likeness (QED) is 0.856. The summed E-state index contributed by atoms with van der Waals surface area (Å²) in [6.07, 6.45) is 1.74. The topological polar surface area (TPSA) is 40.6 Å². The number of sulfonamides is 1. The Morgan fingerprint density at radius 2 is 1.90 bits per heavy atom. The maximum absolute atomic E-state index is 12.6. The van der Waals surface area contributed by atoms with Gasteiger partial charge in [0.05, 0.1) is 5.02 Å². The van der Waals surface area contributed by atoms with E-state index in [4.69, 9.17) is 11.6 Å². The van der Waals surface area contributed by atoms with Gasteiger partial charge in [-0.3, -0.25) is 0 Å². The maximum Gasteiger partial charge on any atom is 0.244 e. The molecule has 0 radical (unpaired) electrons. The van der Waals surface area contributed by atoms with Gasteiger partial charge in [0.2, 0.25) is 10.0 Å². The number of piperidine rings is 1. The molecule has 1 heterocycles.